The fourth-order valence-electron chi connectivity index (χ4n) is 1.60. The van der Waals surface area contributed by atoms with Gasteiger partial charge >= 0.3 is 0 Å². The molecule has 1 atom stereocenters. The molecule has 94 valence electrons. The summed E-state index contributed by atoms with van der Waals surface area (Å²) < 4.78 is 0. The van der Waals surface area contributed by atoms with Crippen LogP contribution in [0.5, 0.6) is 0 Å². The van der Waals surface area contributed by atoms with Crippen LogP contribution in [0.15, 0.2) is 24.3 Å². The number of hydrogen-bond acceptors (Lipinski definition) is 2. The van der Waals surface area contributed by atoms with E-state index in [1.165, 1.54) is 5.56 Å². The lowest BCUT2D eigenvalue weighted by Gasteiger charge is -2.13. The van der Waals surface area contributed by atoms with Crippen LogP contribution in [0.4, 0.5) is 5.69 Å². The van der Waals surface area contributed by atoms with Crippen molar-refractivity contribution in [3.05, 3.63) is 29.8 Å². The molecule has 3 nitrogen and oxygen atoms in total. The summed E-state index contributed by atoms with van der Waals surface area (Å²) in [6, 6.07) is 8.33. The minimum Gasteiger partial charge on any atom is -0.376 e. The van der Waals surface area contributed by atoms with Crippen molar-refractivity contribution in [1.29, 1.82) is 0 Å². The summed E-state index contributed by atoms with van der Waals surface area (Å²) >= 11 is 0. The van der Waals surface area contributed by atoms with E-state index in [0.29, 0.717) is 6.54 Å². The predicted octanol–water partition coefficient (Wildman–Crippen LogP) is 2.58. The predicted molar refractivity (Wildman–Crippen MR) is 72.2 cm³/mol. The van der Waals surface area contributed by atoms with E-state index in [9.17, 15) is 4.79 Å². The standard InChI is InChI=1S/C14H22N2O/c1-4-11(3)16-14(17)10-15-13-9-7-6-8-12(13)5-2/h6-9,11,15H,4-5,10H2,1-3H3,(H,16,17). The first-order chi connectivity index (χ1) is 8.17. The molecule has 0 aliphatic heterocycles. The number of aryl methyl sites for hydroxylation is 1. The maximum absolute atomic E-state index is 11.6. The van der Waals surface area contributed by atoms with E-state index >= 15 is 0 Å². The molecule has 1 aromatic rings. The van der Waals surface area contributed by atoms with E-state index in [4.69, 9.17) is 0 Å². The number of amides is 1. The highest BCUT2D eigenvalue weighted by atomic mass is 16.1. The molecular weight excluding hydrogens is 212 g/mol. The van der Waals surface area contributed by atoms with Gasteiger partial charge in [0.15, 0.2) is 0 Å². The van der Waals surface area contributed by atoms with Crippen molar-refractivity contribution in [1.82, 2.24) is 5.32 Å². The number of carbonyl (C=O) groups excluding carboxylic acids is 1. The SMILES string of the molecule is CCc1ccccc1NCC(=O)NC(C)CC. The van der Waals surface area contributed by atoms with Crippen LogP contribution in [-0.2, 0) is 11.2 Å². The molecule has 2 N–H and O–H groups in total. The van der Waals surface area contributed by atoms with Gasteiger partial charge in [-0.3, -0.25) is 4.79 Å². The van der Waals surface area contributed by atoms with Gasteiger partial charge in [0.1, 0.15) is 0 Å². The molecule has 1 unspecified atom stereocenters. The zero-order chi connectivity index (χ0) is 12.7. The van der Waals surface area contributed by atoms with E-state index in [0.717, 1.165) is 18.5 Å². The first-order valence-corrected chi connectivity index (χ1v) is 6.28. The van der Waals surface area contributed by atoms with Crippen molar-refractivity contribution in [2.24, 2.45) is 0 Å². The molecule has 0 aliphatic carbocycles. The topological polar surface area (TPSA) is 41.1 Å². The Hall–Kier alpha value is -1.51. The van der Waals surface area contributed by atoms with Crippen LogP contribution in [0.1, 0.15) is 32.8 Å². The molecule has 17 heavy (non-hydrogen) atoms. The van der Waals surface area contributed by atoms with Crippen molar-refractivity contribution in [3.8, 4) is 0 Å². The summed E-state index contributed by atoms with van der Waals surface area (Å²) in [5, 5.41) is 6.12. The van der Waals surface area contributed by atoms with Crippen LogP contribution in [0.3, 0.4) is 0 Å². The first-order valence-electron chi connectivity index (χ1n) is 6.28. The van der Waals surface area contributed by atoms with E-state index in [1.54, 1.807) is 0 Å². The molecule has 1 rings (SSSR count). The minimum absolute atomic E-state index is 0.0465. The number of rotatable bonds is 6. The van der Waals surface area contributed by atoms with E-state index < -0.39 is 0 Å². The van der Waals surface area contributed by atoms with Gasteiger partial charge in [0, 0.05) is 11.7 Å². The lowest BCUT2D eigenvalue weighted by molar-refractivity contribution is -0.120. The number of para-hydroxylation sites is 1. The zero-order valence-corrected chi connectivity index (χ0v) is 10.9. The Labute approximate surface area is 104 Å². The summed E-state index contributed by atoms with van der Waals surface area (Å²) in [6.07, 6.45) is 1.92. The third-order valence-corrected chi connectivity index (χ3v) is 2.86. The maximum Gasteiger partial charge on any atom is 0.239 e. The van der Waals surface area contributed by atoms with E-state index in [-0.39, 0.29) is 11.9 Å². The number of nitrogens with one attached hydrogen (secondary N) is 2. The third-order valence-electron chi connectivity index (χ3n) is 2.86. The normalized spacial score (nSPS) is 11.9. The third kappa shape index (κ3) is 4.47. The Kier molecular flexibility index (Phi) is 5.53. The van der Waals surface area contributed by atoms with Gasteiger partial charge in [-0.25, -0.2) is 0 Å². The maximum atomic E-state index is 11.6. The monoisotopic (exact) mass is 234 g/mol. The fraction of sp³-hybridized carbons (Fsp3) is 0.500. The molecule has 0 bridgehead atoms. The van der Waals surface area contributed by atoms with Crippen LogP contribution in [-0.4, -0.2) is 18.5 Å². The van der Waals surface area contributed by atoms with Crippen molar-refractivity contribution < 1.29 is 4.79 Å². The fourth-order valence-corrected chi connectivity index (χ4v) is 1.60. The average molecular weight is 234 g/mol. The largest absolute Gasteiger partial charge is 0.376 e. The Morgan fingerprint density at radius 2 is 2.00 bits per heavy atom. The van der Waals surface area contributed by atoms with Crippen LogP contribution >= 0.6 is 0 Å². The molecule has 0 saturated heterocycles. The molecule has 1 aromatic carbocycles. The second-order valence-corrected chi connectivity index (χ2v) is 4.24. The smallest absolute Gasteiger partial charge is 0.239 e. The molecule has 0 saturated carbocycles. The second kappa shape index (κ2) is 6.94. The Morgan fingerprint density at radius 3 is 2.65 bits per heavy atom. The van der Waals surface area contributed by atoms with Gasteiger partial charge in [0.05, 0.1) is 6.54 Å². The van der Waals surface area contributed by atoms with Crippen LogP contribution in [0.25, 0.3) is 0 Å². The number of benzene rings is 1. The Bertz CT molecular complexity index is 363. The molecule has 0 radical (unpaired) electrons. The average Bonchev–Trinajstić information content (AvgIpc) is 2.36. The van der Waals surface area contributed by atoms with E-state index in [1.807, 2.05) is 25.1 Å². The highest BCUT2D eigenvalue weighted by Crippen LogP contribution is 2.14. The molecule has 0 aliphatic rings. The summed E-state index contributed by atoms with van der Waals surface area (Å²) in [5.74, 6) is 0.0465. The lowest BCUT2D eigenvalue weighted by Crippen LogP contribution is -2.36. The number of hydrogen-bond donors (Lipinski definition) is 2. The Morgan fingerprint density at radius 1 is 1.29 bits per heavy atom. The quantitative estimate of drug-likeness (QED) is 0.794. The number of carbonyl (C=O) groups is 1. The van der Waals surface area contributed by atoms with Crippen molar-refractivity contribution in [2.45, 2.75) is 39.7 Å². The molecule has 0 aromatic heterocycles. The first kappa shape index (κ1) is 13.6. The zero-order valence-electron chi connectivity index (χ0n) is 10.9. The summed E-state index contributed by atoms with van der Waals surface area (Å²) in [5.41, 5.74) is 2.29. The van der Waals surface area contributed by atoms with Gasteiger partial charge in [-0.1, -0.05) is 32.0 Å². The molecule has 1 amide bonds. The summed E-state index contributed by atoms with van der Waals surface area (Å²) in [4.78, 5) is 11.6. The van der Waals surface area contributed by atoms with Gasteiger partial charge in [-0.15, -0.1) is 0 Å². The molecular formula is C14H22N2O. The van der Waals surface area contributed by atoms with Crippen molar-refractivity contribution >= 4 is 11.6 Å². The van der Waals surface area contributed by atoms with Gasteiger partial charge in [-0.05, 0) is 31.4 Å². The van der Waals surface area contributed by atoms with Gasteiger partial charge in [0.25, 0.3) is 0 Å². The highest BCUT2D eigenvalue weighted by molar-refractivity contribution is 5.81. The second-order valence-electron chi connectivity index (χ2n) is 4.24. The highest BCUT2D eigenvalue weighted by Gasteiger charge is 2.06. The molecule has 3 heteroatoms. The molecule has 0 heterocycles. The van der Waals surface area contributed by atoms with Crippen molar-refractivity contribution in [3.63, 3.8) is 0 Å². The van der Waals surface area contributed by atoms with Gasteiger partial charge < -0.3 is 10.6 Å². The molecule has 0 fully saturated rings. The van der Waals surface area contributed by atoms with Crippen LogP contribution < -0.4 is 10.6 Å². The summed E-state index contributed by atoms with van der Waals surface area (Å²) in [7, 11) is 0. The van der Waals surface area contributed by atoms with Crippen LogP contribution in [0, 0.1) is 0 Å². The van der Waals surface area contributed by atoms with Crippen LogP contribution in [0.2, 0.25) is 0 Å². The Balaban J connectivity index is 2.47. The van der Waals surface area contributed by atoms with E-state index in [2.05, 4.69) is 30.5 Å². The summed E-state index contributed by atoms with van der Waals surface area (Å²) in [6.45, 7) is 6.52. The van der Waals surface area contributed by atoms with Crippen molar-refractivity contribution in [2.75, 3.05) is 11.9 Å². The van der Waals surface area contributed by atoms with Gasteiger partial charge in [-0.2, -0.15) is 0 Å². The van der Waals surface area contributed by atoms with Gasteiger partial charge in [0.2, 0.25) is 5.91 Å². The molecule has 0 spiro atoms. The number of anilines is 1. The lowest BCUT2D eigenvalue weighted by atomic mass is 10.1. The minimum atomic E-state index is 0.0465.